The Morgan fingerprint density at radius 1 is 1.20 bits per heavy atom. The van der Waals surface area contributed by atoms with Gasteiger partial charge in [-0.05, 0) is 17.7 Å². The van der Waals surface area contributed by atoms with Crippen LogP contribution in [0.5, 0.6) is 11.5 Å². The van der Waals surface area contributed by atoms with E-state index >= 15 is 0 Å². The molecule has 2 rings (SSSR count). The number of methoxy groups -OCH3 is 1. The second kappa shape index (κ2) is 6.47. The third-order valence-electron chi connectivity index (χ3n) is 2.63. The summed E-state index contributed by atoms with van der Waals surface area (Å²) in [7, 11) is 1.45. The fraction of sp³-hybridized carbons (Fsp3) is 0.133. The van der Waals surface area contributed by atoms with Crippen LogP contribution in [-0.2, 0) is 11.3 Å². The molecule has 2 aromatic carbocycles. The number of ether oxygens (including phenoxy) is 2. The Balaban J connectivity index is 1.95. The van der Waals surface area contributed by atoms with Crippen molar-refractivity contribution in [3.8, 4) is 11.5 Å². The molecule has 0 fully saturated rings. The van der Waals surface area contributed by atoms with Gasteiger partial charge in [-0.15, -0.1) is 0 Å². The van der Waals surface area contributed by atoms with Crippen molar-refractivity contribution in [1.82, 2.24) is 0 Å². The van der Waals surface area contributed by atoms with Gasteiger partial charge in [-0.2, -0.15) is 0 Å². The lowest BCUT2D eigenvalue weighted by atomic mass is 10.2. The van der Waals surface area contributed by atoms with Crippen LogP contribution in [0.15, 0.2) is 48.5 Å². The second-order valence-electron chi connectivity index (χ2n) is 4.07. The van der Waals surface area contributed by atoms with Gasteiger partial charge in [0.25, 0.3) is 0 Å². The number of hydrogen-bond donors (Lipinski definition) is 2. The zero-order valence-corrected chi connectivity index (χ0v) is 11.0. The number of carbonyl (C=O) groups excluding carboxylic acids is 1. The Kier molecular flexibility index (Phi) is 4.44. The smallest absolute Gasteiger partial charge is 0.412 e. The van der Waals surface area contributed by atoms with Gasteiger partial charge in [0.1, 0.15) is 18.1 Å². The summed E-state index contributed by atoms with van der Waals surface area (Å²) in [6.45, 7) is 0.188. The average Bonchev–Trinajstić information content (AvgIpc) is 2.48. The van der Waals surface area contributed by atoms with E-state index in [1.165, 1.54) is 25.3 Å². The number of anilines is 1. The molecule has 2 N–H and O–H groups in total. The predicted molar refractivity (Wildman–Crippen MR) is 74.9 cm³/mol. The monoisotopic (exact) mass is 273 g/mol. The van der Waals surface area contributed by atoms with Crippen LogP contribution in [0.2, 0.25) is 0 Å². The Morgan fingerprint density at radius 2 is 1.95 bits per heavy atom. The van der Waals surface area contributed by atoms with E-state index < -0.39 is 6.09 Å². The van der Waals surface area contributed by atoms with Gasteiger partial charge in [0.2, 0.25) is 0 Å². The van der Waals surface area contributed by atoms with Crippen molar-refractivity contribution in [2.45, 2.75) is 6.61 Å². The maximum Gasteiger partial charge on any atom is 0.412 e. The van der Waals surface area contributed by atoms with Crippen molar-refractivity contribution < 1.29 is 19.4 Å². The van der Waals surface area contributed by atoms with Gasteiger partial charge < -0.3 is 14.6 Å². The number of phenols is 1. The number of rotatable bonds is 4. The molecule has 0 aromatic heterocycles. The van der Waals surface area contributed by atoms with Gasteiger partial charge >= 0.3 is 6.09 Å². The third kappa shape index (κ3) is 3.65. The maximum atomic E-state index is 11.7. The lowest BCUT2D eigenvalue weighted by Gasteiger charge is -2.10. The third-order valence-corrected chi connectivity index (χ3v) is 2.63. The molecule has 0 radical (unpaired) electrons. The largest absolute Gasteiger partial charge is 0.508 e. The van der Waals surface area contributed by atoms with Gasteiger partial charge in [0.05, 0.1) is 12.8 Å². The SMILES string of the molecule is COc1cc(O)ccc1NC(=O)OCc1ccccc1. The van der Waals surface area contributed by atoms with Crippen LogP contribution in [0.4, 0.5) is 10.5 Å². The summed E-state index contributed by atoms with van der Waals surface area (Å²) in [5.74, 6) is 0.423. The topological polar surface area (TPSA) is 67.8 Å². The first-order valence-electron chi connectivity index (χ1n) is 6.04. The van der Waals surface area contributed by atoms with Gasteiger partial charge in [-0.3, -0.25) is 5.32 Å². The first-order chi connectivity index (χ1) is 9.69. The lowest BCUT2D eigenvalue weighted by Crippen LogP contribution is -2.14. The van der Waals surface area contributed by atoms with Crippen molar-refractivity contribution in [2.75, 3.05) is 12.4 Å². The quantitative estimate of drug-likeness (QED) is 0.840. The van der Waals surface area contributed by atoms with Crippen LogP contribution in [0.3, 0.4) is 0 Å². The Bertz CT molecular complexity index is 584. The first kappa shape index (κ1) is 13.7. The molecular formula is C15H15NO4. The molecule has 104 valence electrons. The molecule has 0 saturated heterocycles. The molecule has 0 atom stereocenters. The molecule has 0 aliphatic rings. The molecule has 0 spiro atoms. The fourth-order valence-corrected chi connectivity index (χ4v) is 1.65. The van der Waals surface area contributed by atoms with Crippen molar-refractivity contribution >= 4 is 11.8 Å². The molecule has 0 bridgehead atoms. The summed E-state index contributed by atoms with van der Waals surface area (Å²) in [5.41, 5.74) is 1.34. The van der Waals surface area contributed by atoms with Crippen molar-refractivity contribution in [1.29, 1.82) is 0 Å². The fourth-order valence-electron chi connectivity index (χ4n) is 1.65. The number of aromatic hydroxyl groups is 1. The van der Waals surface area contributed by atoms with E-state index in [0.29, 0.717) is 11.4 Å². The molecule has 2 aromatic rings. The average molecular weight is 273 g/mol. The number of hydrogen-bond acceptors (Lipinski definition) is 4. The molecule has 5 nitrogen and oxygen atoms in total. The molecular weight excluding hydrogens is 258 g/mol. The van der Waals surface area contributed by atoms with E-state index in [-0.39, 0.29) is 12.4 Å². The van der Waals surface area contributed by atoms with E-state index in [1.54, 1.807) is 0 Å². The predicted octanol–water partition coefficient (Wildman–Crippen LogP) is 3.15. The summed E-state index contributed by atoms with van der Waals surface area (Å²) in [5, 5.41) is 11.9. The summed E-state index contributed by atoms with van der Waals surface area (Å²) in [6, 6.07) is 13.8. The Hall–Kier alpha value is -2.69. The summed E-state index contributed by atoms with van der Waals surface area (Å²) >= 11 is 0. The number of amides is 1. The number of benzene rings is 2. The summed E-state index contributed by atoms with van der Waals surface area (Å²) in [4.78, 5) is 11.7. The van der Waals surface area contributed by atoms with Crippen molar-refractivity contribution in [3.05, 3.63) is 54.1 Å². The molecule has 0 unspecified atom stereocenters. The highest BCUT2D eigenvalue weighted by Crippen LogP contribution is 2.28. The van der Waals surface area contributed by atoms with Crippen LogP contribution < -0.4 is 10.1 Å². The van der Waals surface area contributed by atoms with E-state index in [0.717, 1.165) is 5.56 Å². The highest BCUT2D eigenvalue weighted by atomic mass is 16.5. The first-order valence-corrected chi connectivity index (χ1v) is 6.04. The molecule has 0 aliphatic heterocycles. The second-order valence-corrected chi connectivity index (χ2v) is 4.07. The molecule has 1 amide bonds. The number of carbonyl (C=O) groups is 1. The van der Waals surface area contributed by atoms with Gasteiger partial charge in [-0.1, -0.05) is 30.3 Å². The van der Waals surface area contributed by atoms with Crippen molar-refractivity contribution in [3.63, 3.8) is 0 Å². The minimum absolute atomic E-state index is 0.0602. The highest BCUT2D eigenvalue weighted by Gasteiger charge is 2.09. The number of nitrogens with one attached hydrogen (secondary N) is 1. The van der Waals surface area contributed by atoms with Crippen LogP contribution in [0.1, 0.15) is 5.56 Å². The van der Waals surface area contributed by atoms with Gasteiger partial charge in [0.15, 0.2) is 0 Å². The molecule has 20 heavy (non-hydrogen) atoms. The van der Waals surface area contributed by atoms with E-state index in [9.17, 15) is 9.90 Å². The van der Waals surface area contributed by atoms with Gasteiger partial charge in [0, 0.05) is 6.07 Å². The van der Waals surface area contributed by atoms with Crippen LogP contribution >= 0.6 is 0 Å². The van der Waals surface area contributed by atoms with E-state index in [4.69, 9.17) is 9.47 Å². The van der Waals surface area contributed by atoms with Crippen LogP contribution in [0, 0.1) is 0 Å². The molecule has 5 heteroatoms. The lowest BCUT2D eigenvalue weighted by molar-refractivity contribution is 0.155. The normalized spacial score (nSPS) is 9.85. The van der Waals surface area contributed by atoms with Gasteiger partial charge in [-0.25, -0.2) is 4.79 Å². The zero-order chi connectivity index (χ0) is 14.4. The van der Waals surface area contributed by atoms with E-state index in [2.05, 4.69) is 5.32 Å². The van der Waals surface area contributed by atoms with Crippen LogP contribution in [-0.4, -0.2) is 18.3 Å². The highest BCUT2D eigenvalue weighted by molar-refractivity contribution is 5.86. The standard InChI is InChI=1S/C15H15NO4/c1-19-14-9-12(17)7-8-13(14)16-15(18)20-10-11-5-3-2-4-6-11/h2-9,17H,10H2,1H3,(H,16,18). The van der Waals surface area contributed by atoms with E-state index in [1.807, 2.05) is 30.3 Å². The molecule has 0 heterocycles. The minimum Gasteiger partial charge on any atom is -0.508 e. The maximum absolute atomic E-state index is 11.7. The minimum atomic E-state index is -0.585. The summed E-state index contributed by atoms with van der Waals surface area (Å²) in [6.07, 6.45) is -0.585. The van der Waals surface area contributed by atoms with Crippen molar-refractivity contribution in [2.24, 2.45) is 0 Å². The Morgan fingerprint density at radius 3 is 2.65 bits per heavy atom. The molecule has 0 aliphatic carbocycles. The molecule has 0 saturated carbocycles. The zero-order valence-electron chi connectivity index (χ0n) is 11.0. The Labute approximate surface area is 116 Å². The summed E-state index contributed by atoms with van der Waals surface area (Å²) < 4.78 is 10.2. The number of phenolic OH excluding ortho intramolecular Hbond substituents is 1. The van der Waals surface area contributed by atoms with Crippen LogP contribution in [0.25, 0.3) is 0 Å².